The van der Waals surface area contributed by atoms with Crippen molar-refractivity contribution in [2.75, 3.05) is 32.1 Å². The van der Waals surface area contributed by atoms with Gasteiger partial charge in [-0.05, 0) is 50.2 Å². The number of piperidine rings is 1. The number of rotatable bonds is 6. The number of methoxy groups -OCH3 is 1. The van der Waals surface area contributed by atoms with Gasteiger partial charge < -0.3 is 15.0 Å². The smallest absolute Gasteiger partial charge is 0.227 e. The van der Waals surface area contributed by atoms with Gasteiger partial charge in [0.05, 0.1) is 12.8 Å². The van der Waals surface area contributed by atoms with Crippen molar-refractivity contribution >= 4 is 22.4 Å². The normalized spacial score (nSPS) is 15.2. The van der Waals surface area contributed by atoms with E-state index in [9.17, 15) is 4.79 Å². The third-order valence-corrected chi connectivity index (χ3v) is 5.00. The topological polar surface area (TPSA) is 54.5 Å². The van der Waals surface area contributed by atoms with Crippen LogP contribution in [-0.2, 0) is 4.79 Å². The number of carbonyl (C=O) groups is 1. The Hall–Kier alpha value is -1.92. The fourth-order valence-corrected chi connectivity index (χ4v) is 3.59. The van der Waals surface area contributed by atoms with Crippen LogP contribution in [-0.4, -0.2) is 42.5 Å². The summed E-state index contributed by atoms with van der Waals surface area (Å²) in [6.07, 6.45) is 4.34. The molecular formula is C18H23N3O2S. The van der Waals surface area contributed by atoms with Crippen molar-refractivity contribution < 1.29 is 9.53 Å². The lowest BCUT2D eigenvalue weighted by Crippen LogP contribution is -2.32. The second-order valence-corrected chi connectivity index (χ2v) is 6.82. The van der Waals surface area contributed by atoms with Crippen LogP contribution in [0.15, 0.2) is 29.6 Å². The van der Waals surface area contributed by atoms with Gasteiger partial charge in [0.15, 0.2) is 5.13 Å². The predicted molar refractivity (Wildman–Crippen MR) is 97.6 cm³/mol. The Labute approximate surface area is 146 Å². The van der Waals surface area contributed by atoms with E-state index < -0.39 is 0 Å². The molecule has 5 nitrogen and oxygen atoms in total. The van der Waals surface area contributed by atoms with Gasteiger partial charge in [0.1, 0.15) is 5.75 Å². The third kappa shape index (κ3) is 4.55. The SMILES string of the molecule is COc1ccc(-c2csc(NC(=O)CCN3CCCCC3)n2)cc1. The molecule has 1 aliphatic heterocycles. The molecule has 1 fully saturated rings. The van der Waals surface area contributed by atoms with Gasteiger partial charge in [-0.25, -0.2) is 4.98 Å². The zero-order valence-electron chi connectivity index (χ0n) is 14.0. The Morgan fingerprint density at radius 1 is 1.25 bits per heavy atom. The van der Waals surface area contributed by atoms with Gasteiger partial charge in [-0.3, -0.25) is 4.79 Å². The maximum Gasteiger partial charge on any atom is 0.227 e. The van der Waals surface area contributed by atoms with Crippen molar-refractivity contribution in [3.63, 3.8) is 0 Å². The number of thiazole rings is 1. The summed E-state index contributed by atoms with van der Waals surface area (Å²) in [7, 11) is 1.65. The van der Waals surface area contributed by atoms with Crippen LogP contribution in [0.3, 0.4) is 0 Å². The zero-order valence-corrected chi connectivity index (χ0v) is 14.8. The summed E-state index contributed by atoms with van der Waals surface area (Å²) in [5, 5.41) is 5.53. The lowest BCUT2D eigenvalue weighted by molar-refractivity contribution is -0.116. The van der Waals surface area contributed by atoms with Gasteiger partial charge in [0, 0.05) is 23.9 Å². The molecule has 0 bridgehead atoms. The van der Waals surface area contributed by atoms with E-state index in [0.717, 1.165) is 36.6 Å². The minimum absolute atomic E-state index is 0.0382. The second-order valence-electron chi connectivity index (χ2n) is 5.97. The van der Waals surface area contributed by atoms with Crippen LogP contribution in [0.2, 0.25) is 0 Å². The van der Waals surface area contributed by atoms with Crippen LogP contribution in [0.4, 0.5) is 5.13 Å². The lowest BCUT2D eigenvalue weighted by Gasteiger charge is -2.25. The molecule has 3 rings (SSSR count). The first-order valence-corrected chi connectivity index (χ1v) is 9.25. The number of nitrogens with one attached hydrogen (secondary N) is 1. The Kier molecular flexibility index (Phi) is 5.82. The summed E-state index contributed by atoms with van der Waals surface area (Å²) >= 11 is 1.46. The number of likely N-dealkylation sites (tertiary alicyclic amines) is 1. The van der Waals surface area contributed by atoms with Crippen molar-refractivity contribution in [2.24, 2.45) is 0 Å². The number of hydrogen-bond donors (Lipinski definition) is 1. The maximum absolute atomic E-state index is 12.1. The molecule has 1 N–H and O–H groups in total. The van der Waals surface area contributed by atoms with Gasteiger partial charge in [0.2, 0.25) is 5.91 Å². The van der Waals surface area contributed by atoms with E-state index in [1.807, 2.05) is 29.6 Å². The number of ether oxygens (including phenoxy) is 1. The average molecular weight is 345 g/mol. The molecule has 2 heterocycles. The fraction of sp³-hybridized carbons (Fsp3) is 0.444. The molecule has 1 saturated heterocycles. The average Bonchev–Trinajstić information content (AvgIpc) is 3.09. The quantitative estimate of drug-likeness (QED) is 0.868. The van der Waals surface area contributed by atoms with Gasteiger partial charge in [-0.2, -0.15) is 0 Å². The molecule has 2 aromatic rings. The number of benzene rings is 1. The first kappa shape index (κ1) is 16.9. The highest BCUT2D eigenvalue weighted by molar-refractivity contribution is 7.14. The molecule has 1 aromatic heterocycles. The van der Waals surface area contributed by atoms with E-state index in [1.165, 1.54) is 30.6 Å². The molecule has 0 atom stereocenters. The highest BCUT2D eigenvalue weighted by Gasteiger charge is 2.13. The molecule has 0 unspecified atom stereocenters. The number of hydrogen-bond acceptors (Lipinski definition) is 5. The van der Waals surface area contributed by atoms with E-state index in [1.54, 1.807) is 7.11 Å². The molecule has 1 amide bonds. The number of nitrogens with zero attached hydrogens (tertiary/aromatic N) is 2. The van der Waals surface area contributed by atoms with Crippen LogP contribution < -0.4 is 10.1 Å². The third-order valence-electron chi connectivity index (χ3n) is 4.24. The fourth-order valence-electron chi connectivity index (χ4n) is 2.85. The van der Waals surface area contributed by atoms with Crippen molar-refractivity contribution in [2.45, 2.75) is 25.7 Å². The number of amides is 1. The highest BCUT2D eigenvalue weighted by Crippen LogP contribution is 2.26. The highest BCUT2D eigenvalue weighted by atomic mass is 32.1. The Balaban J connectivity index is 1.52. The molecule has 0 saturated carbocycles. The largest absolute Gasteiger partial charge is 0.497 e. The van der Waals surface area contributed by atoms with Gasteiger partial charge in [0.25, 0.3) is 0 Å². The Morgan fingerprint density at radius 2 is 2.00 bits per heavy atom. The van der Waals surface area contributed by atoms with Crippen LogP contribution >= 0.6 is 11.3 Å². The van der Waals surface area contributed by atoms with Gasteiger partial charge in [-0.15, -0.1) is 11.3 Å². The molecule has 24 heavy (non-hydrogen) atoms. The maximum atomic E-state index is 12.1. The molecular weight excluding hydrogens is 322 g/mol. The van der Waals surface area contributed by atoms with Crippen LogP contribution in [0.5, 0.6) is 5.75 Å². The molecule has 0 aliphatic carbocycles. The standard InChI is InChI=1S/C18H23N3O2S/c1-23-15-7-5-14(6-8-15)16-13-24-18(19-16)20-17(22)9-12-21-10-3-2-4-11-21/h5-8,13H,2-4,9-12H2,1H3,(H,19,20,22). The Bertz CT molecular complexity index is 663. The zero-order chi connectivity index (χ0) is 16.8. The van der Waals surface area contributed by atoms with E-state index in [2.05, 4.69) is 15.2 Å². The van der Waals surface area contributed by atoms with E-state index >= 15 is 0 Å². The minimum Gasteiger partial charge on any atom is -0.497 e. The second kappa shape index (κ2) is 8.26. The van der Waals surface area contributed by atoms with Crippen LogP contribution in [0.25, 0.3) is 11.3 Å². The van der Waals surface area contributed by atoms with Gasteiger partial charge in [-0.1, -0.05) is 6.42 Å². The van der Waals surface area contributed by atoms with E-state index in [4.69, 9.17) is 4.74 Å². The van der Waals surface area contributed by atoms with Crippen LogP contribution in [0.1, 0.15) is 25.7 Å². The molecule has 1 aliphatic rings. The molecule has 128 valence electrons. The van der Waals surface area contributed by atoms with E-state index in [-0.39, 0.29) is 5.91 Å². The summed E-state index contributed by atoms with van der Waals surface area (Å²) in [5.74, 6) is 0.858. The van der Waals surface area contributed by atoms with Crippen molar-refractivity contribution in [1.29, 1.82) is 0 Å². The first-order valence-electron chi connectivity index (χ1n) is 8.37. The number of anilines is 1. The molecule has 6 heteroatoms. The lowest BCUT2D eigenvalue weighted by atomic mass is 10.1. The van der Waals surface area contributed by atoms with Gasteiger partial charge >= 0.3 is 0 Å². The number of carbonyl (C=O) groups excluding carboxylic acids is 1. The summed E-state index contributed by atoms with van der Waals surface area (Å²) in [6.45, 7) is 3.07. The molecule has 1 aromatic carbocycles. The predicted octanol–water partition coefficient (Wildman–Crippen LogP) is 3.63. The summed E-state index contributed by atoms with van der Waals surface area (Å²) in [6, 6.07) is 7.75. The monoisotopic (exact) mass is 345 g/mol. The summed E-state index contributed by atoms with van der Waals surface area (Å²) in [4.78, 5) is 19.0. The van der Waals surface area contributed by atoms with Crippen molar-refractivity contribution in [3.05, 3.63) is 29.6 Å². The summed E-state index contributed by atoms with van der Waals surface area (Å²) < 4.78 is 5.16. The minimum atomic E-state index is 0.0382. The first-order chi connectivity index (χ1) is 11.7. The molecule has 0 radical (unpaired) electrons. The summed E-state index contributed by atoms with van der Waals surface area (Å²) in [5.41, 5.74) is 1.88. The van der Waals surface area contributed by atoms with Crippen molar-refractivity contribution in [1.82, 2.24) is 9.88 Å². The number of aromatic nitrogens is 1. The van der Waals surface area contributed by atoms with Crippen LogP contribution in [0, 0.1) is 0 Å². The Morgan fingerprint density at radius 3 is 2.71 bits per heavy atom. The van der Waals surface area contributed by atoms with E-state index in [0.29, 0.717) is 11.6 Å². The molecule has 0 spiro atoms. The van der Waals surface area contributed by atoms with Crippen molar-refractivity contribution in [3.8, 4) is 17.0 Å².